The van der Waals surface area contributed by atoms with Gasteiger partial charge >= 0.3 is 5.97 Å². The second-order valence-electron chi connectivity index (χ2n) is 7.60. The number of benzene rings is 1. The second kappa shape index (κ2) is 9.78. The molecule has 1 aliphatic heterocycles. The first kappa shape index (κ1) is 21.1. The molecule has 1 aliphatic rings. The van der Waals surface area contributed by atoms with E-state index >= 15 is 0 Å². The van der Waals surface area contributed by atoms with Crippen molar-refractivity contribution in [2.24, 2.45) is 0 Å². The van der Waals surface area contributed by atoms with E-state index in [-0.39, 0.29) is 12.5 Å². The van der Waals surface area contributed by atoms with Crippen LogP contribution in [0.2, 0.25) is 0 Å². The van der Waals surface area contributed by atoms with Crippen molar-refractivity contribution in [3.05, 3.63) is 48.4 Å². The van der Waals surface area contributed by atoms with E-state index in [0.717, 1.165) is 61.7 Å². The first-order chi connectivity index (χ1) is 15.2. The van der Waals surface area contributed by atoms with Crippen LogP contribution in [0.1, 0.15) is 12.5 Å². The Morgan fingerprint density at radius 3 is 2.61 bits per heavy atom. The summed E-state index contributed by atoms with van der Waals surface area (Å²) in [7, 11) is 1.67. The number of esters is 1. The second-order valence-corrected chi connectivity index (χ2v) is 7.60. The van der Waals surface area contributed by atoms with E-state index in [4.69, 9.17) is 9.47 Å². The van der Waals surface area contributed by atoms with Crippen molar-refractivity contribution in [1.82, 2.24) is 19.4 Å². The molecule has 0 bridgehead atoms. The summed E-state index contributed by atoms with van der Waals surface area (Å²) in [6.07, 6.45) is 6.56. The normalized spacial score (nSPS) is 14.7. The third-order valence-electron chi connectivity index (χ3n) is 5.68. The molecule has 0 unspecified atom stereocenters. The Bertz CT molecular complexity index is 1010. The first-order valence-electron chi connectivity index (χ1n) is 10.7. The maximum absolute atomic E-state index is 12.1. The average molecular weight is 424 g/mol. The summed E-state index contributed by atoms with van der Waals surface area (Å²) in [6.45, 7) is 7.17. The molecule has 0 spiro atoms. The van der Waals surface area contributed by atoms with Gasteiger partial charge in [-0.15, -0.1) is 0 Å². The molecule has 31 heavy (non-hydrogen) atoms. The van der Waals surface area contributed by atoms with Gasteiger partial charge in [0.25, 0.3) is 0 Å². The van der Waals surface area contributed by atoms with Crippen molar-refractivity contribution >= 4 is 22.8 Å². The highest BCUT2D eigenvalue weighted by atomic mass is 16.5. The quantitative estimate of drug-likeness (QED) is 0.515. The van der Waals surface area contributed by atoms with Gasteiger partial charge in [-0.3, -0.25) is 9.69 Å². The number of hydrogen-bond acceptors (Lipinski definition) is 7. The van der Waals surface area contributed by atoms with Crippen molar-refractivity contribution in [3.63, 3.8) is 0 Å². The highest BCUT2D eigenvalue weighted by molar-refractivity contribution is 5.86. The Hall–Kier alpha value is -3.13. The Balaban J connectivity index is 1.43. The van der Waals surface area contributed by atoms with Crippen LogP contribution in [0, 0.1) is 0 Å². The predicted octanol–water partition coefficient (Wildman–Crippen LogP) is 2.37. The molecular weight excluding hydrogens is 394 g/mol. The van der Waals surface area contributed by atoms with Gasteiger partial charge in [0.2, 0.25) is 5.95 Å². The number of nitrogens with zero attached hydrogens (tertiary/aromatic N) is 5. The molecule has 0 radical (unpaired) electrons. The van der Waals surface area contributed by atoms with Crippen molar-refractivity contribution in [2.75, 3.05) is 51.3 Å². The number of hydrogen-bond donors (Lipinski definition) is 0. The van der Waals surface area contributed by atoms with Crippen LogP contribution in [0.5, 0.6) is 5.75 Å². The van der Waals surface area contributed by atoms with Gasteiger partial charge in [-0.05, 0) is 43.2 Å². The van der Waals surface area contributed by atoms with Crippen LogP contribution >= 0.6 is 0 Å². The molecule has 3 heterocycles. The molecule has 0 N–H and O–H groups in total. The highest BCUT2D eigenvalue weighted by Gasteiger charge is 2.19. The summed E-state index contributed by atoms with van der Waals surface area (Å²) in [5.41, 5.74) is 2.24. The third-order valence-corrected chi connectivity index (χ3v) is 5.68. The van der Waals surface area contributed by atoms with Crippen LogP contribution < -0.4 is 9.64 Å². The summed E-state index contributed by atoms with van der Waals surface area (Å²) >= 11 is 0. The molecule has 8 nitrogen and oxygen atoms in total. The lowest BCUT2D eigenvalue weighted by atomic mass is 10.1. The van der Waals surface area contributed by atoms with Gasteiger partial charge in [0.15, 0.2) is 0 Å². The zero-order chi connectivity index (χ0) is 21.6. The van der Waals surface area contributed by atoms with E-state index in [0.29, 0.717) is 6.61 Å². The molecule has 0 amide bonds. The number of ether oxygens (including phenoxy) is 2. The molecule has 0 saturated carbocycles. The minimum atomic E-state index is -0.221. The molecule has 0 atom stereocenters. The maximum atomic E-state index is 12.1. The number of carbonyl (C=O) groups excluding carboxylic acids is 1. The first-order valence-corrected chi connectivity index (χ1v) is 10.7. The monoisotopic (exact) mass is 423 g/mol. The summed E-state index contributed by atoms with van der Waals surface area (Å²) in [5, 5.41) is 1.12. The molecule has 4 rings (SSSR count). The summed E-state index contributed by atoms with van der Waals surface area (Å²) in [4.78, 5) is 25.5. The smallest absolute Gasteiger partial charge is 0.325 e. The number of anilines is 1. The summed E-state index contributed by atoms with van der Waals surface area (Å²) in [5.74, 6) is 1.40. The summed E-state index contributed by atoms with van der Waals surface area (Å²) < 4.78 is 12.5. The largest absolute Gasteiger partial charge is 0.497 e. The van der Waals surface area contributed by atoms with Gasteiger partial charge in [-0.2, -0.15) is 0 Å². The Labute approximate surface area is 182 Å². The minimum Gasteiger partial charge on any atom is -0.497 e. The van der Waals surface area contributed by atoms with Crippen LogP contribution in [0.25, 0.3) is 10.9 Å². The van der Waals surface area contributed by atoms with E-state index < -0.39 is 0 Å². The van der Waals surface area contributed by atoms with Crippen LogP contribution in [0.3, 0.4) is 0 Å². The van der Waals surface area contributed by atoms with Gasteiger partial charge in [0.1, 0.15) is 12.3 Å². The lowest BCUT2D eigenvalue weighted by Crippen LogP contribution is -2.47. The molecule has 3 aromatic rings. The van der Waals surface area contributed by atoms with Gasteiger partial charge in [0.05, 0.1) is 13.7 Å². The molecule has 1 saturated heterocycles. The molecule has 1 aromatic carbocycles. The van der Waals surface area contributed by atoms with Gasteiger partial charge in [-0.25, -0.2) is 9.97 Å². The average Bonchev–Trinajstić information content (AvgIpc) is 3.15. The molecule has 164 valence electrons. The number of piperazine rings is 1. The predicted molar refractivity (Wildman–Crippen MR) is 120 cm³/mol. The fourth-order valence-corrected chi connectivity index (χ4v) is 4.06. The van der Waals surface area contributed by atoms with Crippen LogP contribution in [-0.4, -0.2) is 71.8 Å². The molecule has 8 heteroatoms. The fraction of sp³-hybridized carbons (Fsp3) is 0.435. The zero-order valence-corrected chi connectivity index (χ0v) is 18.2. The zero-order valence-electron chi connectivity index (χ0n) is 18.2. The number of aromatic nitrogens is 3. The lowest BCUT2D eigenvalue weighted by molar-refractivity contribution is -0.143. The van der Waals surface area contributed by atoms with Gasteiger partial charge in [-0.1, -0.05) is 0 Å². The summed E-state index contributed by atoms with van der Waals surface area (Å²) in [6, 6.07) is 7.83. The van der Waals surface area contributed by atoms with E-state index in [1.807, 2.05) is 29.7 Å². The van der Waals surface area contributed by atoms with Crippen molar-refractivity contribution < 1.29 is 14.3 Å². The van der Waals surface area contributed by atoms with E-state index in [9.17, 15) is 4.79 Å². The van der Waals surface area contributed by atoms with Crippen LogP contribution in [-0.2, 0) is 22.5 Å². The van der Waals surface area contributed by atoms with Gasteiger partial charge in [0, 0.05) is 62.2 Å². The lowest BCUT2D eigenvalue weighted by Gasteiger charge is -2.34. The van der Waals surface area contributed by atoms with Crippen molar-refractivity contribution in [3.8, 4) is 5.75 Å². The standard InChI is InChI=1S/C23H29N5O3/c1-3-31-22(29)17-28-16-18(20-15-19(30-2)5-6-21(20)28)7-10-26-11-13-27(14-12-26)23-24-8-4-9-25-23/h4-6,8-9,15-16H,3,7,10-14,17H2,1-2H3. The molecule has 1 fully saturated rings. The minimum absolute atomic E-state index is 0.215. The van der Waals surface area contributed by atoms with Gasteiger partial charge < -0.3 is 18.9 Å². The molecular formula is C23H29N5O3. The number of carbonyl (C=O) groups is 1. The van der Waals surface area contributed by atoms with Crippen LogP contribution in [0.15, 0.2) is 42.9 Å². The maximum Gasteiger partial charge on any atom is 0.325 e. The Morgan fingerprint density at radius 2 is 1.90 bits per heavy atom. The topological polar surface area (TPSA) is 72.7 Å². The van der Waals surface area contributed by atoms with Crippen molar-refractivity contribution in [2.45, 2.75) is 19.9 Å². The molecule has 2 aromatic heterocycles. The Morgan fingerprint density at radius 1 is 1.13 bits per heavy atom. The Kier molecular flexibility index (Phi) is 6.66. The number of methoxy groups -OCH3 is 1. The SMILES string of the molecule is CCOC(=O)Cn1cc(CCN2CCN(c3ncccn3)CC2)c2cc(OC)ccc21. The highest BCUT2D eigenvalue weighted by Crippen LogP contribution is 2.27. The number of rotatable bonds is 8. The van der Waals surface area contributed by atoms with Crippen molar-refractivity contribution in [1.29, 1.82) is 0 Å². The van der Waals surface area contributed by atoms with E-state index in [1.54, 1.807) is 19.5 Å². The van der Waals surface area contributed by atoms with Crippen LogP contribution in [0.4, 0.5) is 5.95 Å². The van der Waals surface area contributed by atoms with E-state index in [2.05, 4.69) is 32.0 Å². The number of fused-ring (bicyclic) bond motifs is 1. The third kappa shape index (κ3) is 4.96. The van der Waals surface area contributed by atoms with E-state index in [1.165, 1.54) is 5.56 Å². The molecule has 0 aliphatic carbocycles. The fourth-order valence-electron chi connectivity index (χ4n) is 4.06.